The highest BCUT2D eigenvalue weighted by atomic mass is 15.3. The first-order valence-electron chi connectivity index (χ1n) is 10.4. The normalized spacial score (nSPS) is 22.1. The predicted octanol–water partition coefficient (Wildman–Crippen LogP) is 3.80. The summed E-state index contributed by atoms with van der Waals surface area (Å²) in [6.07, 6.45) is 10.7. The molecule has 6 nitrogen and oxygen atoms in total. The molecule has 6 heteroatoms. The molecule has 146 valence electrons. The Morgan fingerprint density at radius 1 is 1.14 bits per heavy atom. The number of fused-ring (bicyclic) bond motifs is 1. The second-order valence-electron chi connectivity index (χ2n) is 8.76. The van der Waals surface area contributed by atoms with Crippen LogP contribution in [0, 0.1) is 0 Å². The van der Waals surface area contributed by atoms with Gasteiger partial charge in [-0.2, -0.15) is 5.10 Å². The van der Waals surface area contributed by atoms with Gasteiger partial charge in [-0.05, 0) is 64.3 Å². The summed E-state index contributed by atoms with van der Waals surface area (Å²) in [5.41, 5.74) is 4.30. The van der Waals surface area contributed by atoms with E-state index in [1.807, 2.05) is 12.4 Å². The molecule has 2 aliphatic rings. The van der Waals surface area contributed by atoms with Crippen LogP contribution in [0.4, 0.5) is 5.82 Å². The smallest absolute Gasteiger partial charge is 0.129 e. The summed E-state index contributed by atoms with van der Waals surface area (Å²) >= 11 is 0. The number of hydrogen-bond donors (Lipinski definition) is 1. The maximum absolute atomic E-state index is 4.99. The standard InChI is InChI=1S/C22H28N6/c1-22(2)13-17(7-10-24-22)28-15-16(14-25-28)18-8-9-23-19-5-6-20(26-21(18)19)27-11-3-4-12-27/h5-6,8-9,14-15,17,24H,3-4,7,10-13H2,1-2H3. The highest BCUT2D eigenvalue weighted by Crippen LogP contribution is 2.32. The molecule has 1 atom stereocenters. The lowest BCUT2D eigenvalue weighted by Crippen LogP contribution is -2.46. The topological polar surface area (TPSA) is 58.9 Å². The van der Waals surface area contributed by atoms with Crippen LogP contribution in [0.25, 0.3) is 22.2 Å². The van der Waals surface area contributed by atoms with Gasteiger partial charge in [-0.3, -0.25) is 9.67 Å². The van der Waals surface area contributed by atoms with Crippen LogP contribution in [0.15, 0.2) is 36.8 Å². The molecule has 0 bridgehead atoms. The highest BCUT2D eigenvalue weighted by molar-refractivity contribution is 5.91. The molecule has 3 aromatic rings. The van der Waals surface area contributed by atoms with E-state index >= 15 is 0 Å². The van der Waals surface area contributed by atoms with Gasteiger partial charge in [-0.15, -0.1) is 0 Å². The first kappa shape index (κ1) is 17.6. The van der Waals surface area contributed by atoms with Crippen LogP contribution in [0.1, 0.15) is 45.6 Å². The summed E-state index contributed by atoms with van der Waals surface area (Å²) in [6.45, 7) is 7.76. The van der Waals surface area contributed by atoms with Crippen molar-refractivity contribution in [2.75, 3.05) is 24.5 Å². The molecule has 0 spiro atoms. The zero-order valence-corrected chi connectivity index (χ0v) is 16.7. The van der Waals surface area contributed by atoms with Crippen LogP contribution in [0.5, 0.6) is 0 Å². The molecular weight excluding hydrogens is 348 g/mol. The van der Waals surface area contributed by atoms with Crippen LogP contribution in [-0.4, -0.2) is 44.9 Å². The molecule has 5 heterocycles. The summed E-state index contributed by atoms with van der Waals surface area (Å²) in [5, 5.41) is 8.31. The van der Waals surface area contributed by atoms with Gasteiger partial charge in [-0.25, -0.2) is 4.98 Å². The molecule has 5 rings (SSSR count). The minimum atomic E-state index is 0.157. The fourth-order valence-electron chi connectivity index (χ4n) is 4.61. The van der Waals surface area contributed by atoms with Gasteiger partial charge in [0.1, 0.15) is 5.82 Å². The van der Waals surface area contributed by atoms with Crippen LogP contribution in [0.2, 0.25) is 0 Å². The van der Waals surface area contributed by atoms with Crippen LogP contribution < -0.4 is 10.2 Å². The average molecular weight is 377 g/mol. The zero-order valence-electron chi connectivity index (χ0n) is 16.7. The third-order valence-corrected chi connectivity index (χ3v) is 6.11. The highest BCUT2D eigenvalue weighted by Gasteiger charge is 2.29. The summed E-state index contributed by atoms with van der Waals surface area (Å²) in [7, 11) is 0. The SMILES string of the molecule is CC1(C)CC(n2cc(-c3ccnc4ccc(N5CCCC5)nc34)cn2)CCN1. The number of piperidine rings is 1. The van der Waals surface area contributed by atoms with Crippen LogP contribution in [-0.2, 0) is 0 Å². The van der Waals surface area contributed by atoms with Crippen molar-refractivity contribution < 1.29 is 0 Å². The van der Waals surface area contributed by atoms with Crippen molar-refractivity contribution in [3.8, 4) is 11.1 Å². The Morgan fingerprint density at radius 2 is 2.00 bits per heavy atom. The lowest BCUT2D eigenvalue weighted by Gasteiger charge is -2.36. The zero-order chi connectivity index (χ0) is 19.1. The van der Waals surface area contributed by atoms with Crippen molar-refractivity contribution in [2.45, 2.75) is 51.1 Å². The molecule has 2 aliphatic heterocycles. The molecule has 1 N–H and O–H groups in total. The van der Waals surface area contributed by atoms with Crippen molar-refractivity contribution in [3.63, 3.8) is 0 Å². The van der Waals surface area contributed by atoms with E-state index in [9.17, 15) is 0 Å². The fourth-order valence-corrected chi connectivity index (χ4v) is 4.61. The van der Waals surface area contributed by atoms with E-state index in [1.54, 1.807) is 0 Å². The first-order chi connectivity index (χ1) is 13.6. The summed E-state index contributed by atoms with van der Waals surface area (Å²) < 4.78 is 2.15. The van der Waals surface area contributed by atoms with Gasteiger partial charge < -0.3 is 10.2 Å². The average Bonchev–Trinajstić information content (AvgIpc) is 3.38. The minimum absolute atomic E-state index is 0.157. The van der Waals surface area contributed by atoms with Crippen molar-refractivity contribution in [3.05, 3.63) is 36.8 Å². The number of pyridine rings is 2. The van der Waals surface area contributed by atoms with Crippen molar-refractivity contribution >= 4 is 16.9 Å². The first-order valence-corrected chi connectivity index (χ1v) is 10.4. The predicted molar refractivity (Wildman–Crippen MR) is 113 cm³/mol. The Hall–Kier alpha value is -2.47. The largest absolute Gasteiger partial charge is 0.357 e. The Balaban J connectivity index is 1.50. The number of nitrogens with zero attached hydrogens (tertiary/aromatic N) is 5. The molecule has 2 fully saturated rings. The van der Waals surface area contributed by atoms with E-state index in [1.165, 1.54) is 12.8 Å². The molecule has 28 heavy (non-hydrogen) atoms. The fraction of sp³-hybridized carbons (Fsp3) is 0.500. The number of hydrogen-bond acceptors (Lipinski definition) is 5. The van der Waals surface area contributed by atoms with E-state index in [0.29, 0.717) is 6.04 Å². The van der Waals surface area contributed by atoms with Gasteiger partial charge in [0.15, 0.2) is 0 Å². The van der Waals surface area contributed by atoms with Crippen molar-refractivity contribution in [1.29, 1.82) is 0 Å². The Bertz CT molecular complexity index is 986. The molecule has 0 radical (unpaired) electrons. The second kappa shape index (κ2) is 6.85. The molecule has 1 unspecified atom stereocenters. The molecule has 0 aliphatic carbocycles. The summed E-state index contributed by atoms with van der Waals surface area (Å²) in [5.74, 6) is 1.06. The molecule has 0 amide bonds. The Kier molecular flexibility index (Phi) is 4.31. The molecule has 2 saturated heterocycles. The quantitative estimate of drug-likeness (QED) is 0.753. The lowest BCUT2D eigenvalue weighted by atomic mass is 9.89. The number of aromatic nitrogens is 4. The molecule has 0 aromatic carbocycles. The number of anilines is 1. The van der Waals surface area contributed by atoms with E-state index in [0.717, 1.165) is 60.5 Å². The summed E-state index contributed by atoms with van der Waals surface area (Å²) in [6, 6.07) is 6.70. The van der Waals surface area contributed by atoms with Gasteiger partial charge in [-0.1, -0.05) is 0 Å². The van der Waals surface area contributed by atoms with Gasteiger partial charge in [0, 0.05) is 42.1 Å². The van der Waals surface area contributed by atoms with E-state index in [4.69, 9.17) is 10.1 Å². The van der Waals surface area contributed by atoms with E-state index in [-0.39, 0.29) is 5.54 Å². The lowest BCUT2D eigenvalue weighted by molar-refractivity contribution is 0.221. The second-order valence-corrected chi connectivity index (χ2v) is 8.76. The maximum atomic E-state index is 4.99. The Labute approximate surface area is 166 Å². The van der Waals surface area contributed by atoms with Crippen LogP contribution >= 0.6 is 0 Å². The molecule has 3 aromatic heterocycles. The minimum Gasteiger partial charge on any atom is -0.357 e. The monoisotopic (exact) mass is 376 g/mol. The third kappa shape index (κ3) is 3.26. The van der Waals surface area contributed by atoms with E-state index in [2.05, 4.69) is 58.1 Å². The van der Waals surface area contributed by atoms with Crippen LogP contribution in [0.3, 0.4) is 0 Å². The van der Waals surface area contributed by atoms with Crippen molar-refractivity contribution in [2.24, 2.45) is 0 Å². The van der Waals surface area contributed by atoms with Gasteiger partial charge in [0.05, 0.1) is 23.3 Å². The Morgan fingerprint density at radius 3 is 2.82 bits per heavy atom. The maximum Gasteiger partial charge on any atom is 0.129 e. The third-order valence-electron chi connectivity index (χ3n) is 6.11. The number of nitrogens with one attached hydrogen (secondary N) is 1. The molecule has 0 saturated carbocycles. The number of rotatable bonds is 3. The van der Waals surface area contributed by atoms with Gasteiger partial charge >= 0.3 is 0 Å². The molecular formula is C22H28N6. The summed E-state index contributed by atoms with van der Waals surface area (Å²) in [4.78, 5) is 11.9. The van der Waals surface area contributed by atoms with Crippen molar-refractivity contribution in [1.82, 2.24) is 25.1 Å². The van der Waals surface area contributed by atoms with Gasteiger partial charge in [0.25, 0.3) is 0 Å². The van der Waals surface area contributed by atoms with E-state index < -0.39 is 0 Å². The van der Waals surface area contributed by atoms with Gasteiger partial charge in [0.2, 0.25) is 0 Å².